The number of hydrogen-bond donors (Lipinski definition) is 1. The van der Waals surface area contributed by atoms with Crippen LogP contribution in [-0.2, 0) is 0 Å². The van der Waals surface area contributed by atoms with Crippen molar-refractivity contribution in [3.8, 4) is 22.6 Å². The number of halogens is 2. The van der Waals surface area contributed by atoms with E-state index in [-0.39, 0.29) is 5.56 Å². The van der Waals surface area contributed by atoms with Gasteiger partial charge in [-0.1, -0.05) is 12.1 Å². The minimum absolute atomic E-state index is 0.0897. The summed E-state index contributed by atoms with van der Waals surface area (Å²) in [7, 11) is 0. The van der Waals surface area contributed by atoms with E-state index in [9.17, 15) is 8.78 Å². The minimum Gasteiger partial charge on any atom is -0.505 e. The van der Waals surface area contributed by atoms with Gasteiger partial charge in [0, 0.05) is 5.56 Å². The fraction of sp³-hybridized carbons (Fsp3) is 0.143. The Kier molecular flexibility index (Phi) is 3.46. The van der Waals surface area contributed by atoms with Gasteiger partial charge in [0.2, 0.25) is 5.82 Å². The summed E-state index contributed by atoms with van der Waals surface area (Å²) in [5.41, 5.74) is 0.587. The van der Waals surface area contributed by atoms with Crippen molar-refractivity contribution >= 4 is 0 Å². The molecule has 1 N–H and O–H groups in total. The molecule has 0 bridgehead atoms. The summed E-state index contributed by atoms with van der Waals surface area (Å²) in [6, 6.07) is 9.17. The molecular formula is C14H12F2O2. The third-order valence-electron chi connectivity index (χ3n) is 2.52. The molecule has 2 rings (SSSR count). The number of aromatic hydroxyl groups is 1. The summed E-state index contributed by atoms with van der Waals surface area (Å²) < 4.78 is 32.3. The minimum atomic E-state index is -1.24. The van der Waals surface area contributed by atoms with Crippen molar-refractivity contribution < 1.29 is 18.6 Å². The molecule has 0 saturated carbocycles. The van der Waals surface area contributed by atoms with Gasteiger partial charge < -0.3 is 9.84 Å². The van der Waals surface area contributed by atoms with E-state index >= 15 is 0 Å². The Hall–Kier alpha value is -2.10. The van der Waals surface area contributed by atoms with Crippen molar-refractivity contribution in [2.24, 2.45) is 0 Å². The molecule has 18 heavy (non-hydrogen) atoms. The Bertz CT molecular complexity index is 568. The molecule has 2 aromatic carbocycles. The first-order chi connectivity index (χ1) is 8.63. The Morgan fingerprint density at radius 2 is 1.89 bits per heavy atom. The largest absolute Gasteiger partial charge is 0.505 e. The van der Waals surface area contributed by atoms with Crippen molar-refractivity contribution in [2.45, 2.75) is 6.92 Å². The zero-order chi connectivity index (χ0) is 13.1. The molecule has 2 nitrogen and oxygen atoms in total. The third-order valence-corrected chi connectivity index (χ3v) is 2.52. The summed E-state index contributed by atoms with van der Waals surface area (Å²) in [6.07, 6.45) is 0. The van der Waals surface area contributed by atoms with E-state index in [1.54, 1.807) is 24.3 Å². The summed E-state index contributed by atoms with van der Waals surface area (Å²) in [5, 5.41) is 9.07. The molecule has 0 spiro atoms. The molecule has 94 valence electrons. The lowest BCUT2D eigenvalue weighted by atomic mass is 10.0. The highest BCUT2D eigenvalue weighted by Gasteiger charge is 2.14. The van der Waals surface area contributed by atoms with Gasteiger partial charge in [0.05, 0.1) is 6.61 Å². The second kappa shape index (κ2) is 5.04. The Labute approximate surface area is 103 Å². The number of hydrogen-bond acceptors (Lipinski definition) is 2. The van der Waals surface area contributed by atoms with E-state index in [0.717, 1.165) is 6.07 Å². The summed E-state index contributed by atoms with van der Waals surface area (Å²) in [6.45, 7) is 2.34. The summed E-state index contributed by atoms with van der Waals surface area (Å²) in [4.78, 5) is 0. The maximum atomic E-state index is 13.7. The van der Waals surface area contributed by atoms with Crippen molar-refractivity contribution in [3.63, 3.8) is 0 Å². The highest BCUT2D eigenvalue weighted by molar-refractivity contribution is 5.66. The Morgan fingerprint density at radius 3 is 2.61 bits per heavy atom. The molecule has 0 aliphatic rings. The molecule has 2 aromatic rings. The standard InChI is InChI=1S/C14H12F2O2/c1-2-18-10-5-3-4-9(8-10)11-6-7-12(17)14(16)13(11)15/h3-8,17H,2H2,1H3. The van der Waals surface area contributed by atoms with Crippen LogP contribution in [0.4, 0.5) is 8.78 Å². The lowest BCUT2D eigenvalue weighted by Crippen LogP contribution is -1.93. The van der Waals surface area contributed by atoms with Crippen LogP contribution < -0.4 is 4.74 Å². The molecule has 0 heterocycles. The van der Waals surface area contributed by atoms with E-state index in [0.29, 0.717) is 17.9 Å². The fourth-order valence-electron chi connectivity index (χ4n) is 1.68. The van der Waals surface area contributed by atoms with Crippen LogP contribution in [0.25, 0.3) is 11.1 Å². The lowest BCUT2D eigenvalue weighted by molar-refractivity contribution is 0.340. The van der Waals surface area contributed by atoms with Gasteiger partial charge in [-0.25, -0.2) is 4.39 Å². The summed E-state index contributed by atoms with van der Waals surface area (Å²) >= 11 is 0. The third kappa shape index (κ3) is 2.27. The number of phenols is 1. The Balaban J connectivity index is 2.48. The van der Waals surface area contributed by atoms with E-state index in [2.05, 4.69) is 0 Å². The van der Waals surface area contributed by atoms with Gasteiger partial charge in [-0.15, -0.1) is 0 Å². The van der Waals surface area contributed by atoms with Gasteiger partial charge in [-0.2, -0.15) is 4.39 Å². The average molecular weight is 250 g/mol. The van der Waals surface area contributed by atoms with Crippen LogP contribution >= 0.6 is 0 Å². The SMILES string of the molecule is CCOc1cccc(-c2ccc(O)c(F)c2F)c1. The number of benzene rings is 2. The number of rotatable bonds is 3. The molecule has 0 radical (unpaired) electrons. The van der Waals surface area contributed by atoms with Crippen LogP contribution in [0.3, 0.4) is 0 Å². The van der Waals surface area contributed by atoms with Crippen LogP contribution in [0.5, 0.6) is 11.5 Å². The highest BCUT2D eigenvalue weighted by Crippen LogP contribution is 2.30. The van der Waals surface area contributed by atoms with Crippen molar-refractivity contribution in [1.82, 2.24) is 0 Å². The van der Waals surface area contributed by atoms with Gasteiger partial charge in [0.25, 0.3) is 0 Å². The quantitative estimate of drug-likeness (QED) is 0.899. The van der Waals surface area contributed by atoms with Crippen LogP contribution in [0.2, 0.25) is 0 Å². The van der Waals surface area contributed by atoms with E-state index in [1.165, 1.54) is 6.07 Å². The molecular weight excluding hydrogens is 238 g/mol. The molecule has 0 atom stereocenters. The fourth-order valence-corrected chi connectivity index (χ4v) is 1.68. The maximum Gasteiger partial charge on any atom is 0.200 e. The topological polar surface area (TPSA) is 29.5 Å². The predicted molar refractivity (Wildman–Crippen MR) is 64.6 cm³/mol. The van der Waals surface area contributed by atoms with Crippen molar-refractivity contribution in [3.05, 3.63) is 48.0 Å². The van der Waals surface area contributed by atoms with Gasteiger partial charge >= 0.3 is 0 Å². The van der Waals surface area contributed by atoms with E-state index in [4.69, 9.17) is 9.84 Å². The molecule has 0 aromatic heterocycles. The van der Waals surface area contributed by atoms with Gasteiger partial charge in [-0.05, 0) is 36.8 Å². The molecule has 0 unspecified atom stereocenters. The van der Waals surface area contributed by atoms with Crippen LogP contribution in [0.1, 0.15) is 6.92 Å². The highest BCUT2D eigenvalue weighted by atomic mass is 19.2. The first kappa shape index (κ1) is 12.4. The lowest BCUT2D eigenvalue weighted by Gasteiger charge is -2.08. The monoisotopic (exact) mass is 250 g/mol. The van der Waals surface area contributed by atoms with Gasteiger partial charge in [0.1, 0.15) is 5.75 Å². The second-order valence-electron chi connectivity index (χ2n) is 3.72. The molecule has 0 amide bonds. The maximum absolute atomic E-state index is 13.7. The van der Waals surface area contributed by atoms with E-state index < -0.39 is 17.4 Å². The van der Waals surface area contributed by atoms with Crippen molar-refractivity contribution in [2.75, 3.05) is 6.61 Å². The Morgan fingerprint density at radius 1 is 1.11 bits per heavy atom. The van der Waals surface area contributed by atoms with Gasteiger partial charge in [0.15, 0.2) is 11.6 Å². The number of phenolic OH excluding ortho intramolecular Hbond substituents is 1. The average Bonchev–Trinajstić information content (AvgIpc) is 2.37. The normalized spacial score (nSPS) is 10.4. The first-order valence-corrected chi connectivity index (χ1v) is 5.53. The second-order valence-corrected chi connectivity index (χ2v) is 3.72. The smallest absolute Gasteiger partial charge is 0.200 e. The zero-order valence-electron chi connectivity index (χ0n) is 9.78. The summed E-state index contributed by atoms with van der Waals surface area (Å²) in [5.74, 6) is -2.42. The van der Waals surface area contributed by atoms with Crippen LogP contribution in [0.15, 0.2) is 36.4 Å². The predicted octanol–water partition coefficient (Wildman–Crippen LogP) is 3.74. The van der Waals surface area contributed by atoms with E-state index in [1.807, 2.05) is 6.92 Å². The first-order valence-electron chi connectivity index (χ1n) is 5.53. The molecule has 0 aliphatic carbocycles. The molecule has 0 saturated heterocycles. The number of ether oxygens (including phenoxy) is 1. The van der Waals surface area contributed by atoms with Gasteiger partial charge in [-0.3, -0.25) is 0 Å². The molecule has 0 fully saturated rings. The van der Waals surface area contributed by atoms with Crippen LogP contribution in [-0.4, -0.2) is 11.7 Å². The zero-order valence-corrected chi connectivity index (χ0v) is 9.78. The van der Waals surface area contributed by atoms with Crippen LogP contribution in [0, 0.1) is 11.6 Å². The molecule has 4 heteroatoms. The van der Waals surface area contributed by atoms with Crippen molar-refractivity contribution in [1.29, 1.82) is 0 Å². The molecule has 0 aliphatic heterocycles.